The molecule has 4 aromatic rings. The van der Waals surface area contributed by atoms with Crippen LogP contribution < -0.4 is 4.80 Å². The summed E-state index contributed by atoms with van der Waals surface area (Å²) < 4.78 is 1.92. The second-order valence-corrected chi connectivity index (χ2v) is 7.74. The molecule has 29 heavy (non-hydrogen) atoms. The van der Waals surface area contributed by atoms with E-state index in [0.29, 0.717) is 0 Å². The van der Waals surface area contributed by atoms with E-state index in [1.54, 1.807) is 23.7 Å². The Balaban J connectivity index is 1.74. The van der Waals surface area contributed by atoms with Crippen molar-refractivity contribution in [1.82, 2.24) is 9.66 Å². The minimum absolute atomic E-state index is 0.198. The SMILES string of the molecule is CC(C)N=c1scc(-c2ccc(-c3ccccc3)cc2)n1N=Cc1ccncc1. The van der Waals surface area contributed by atoms with Gasteiger partial charge in [0.15, 0.2) is 0 Å². The first-order chi connectivity index (χ1) is 14.2. The summed E-state index contributed by atoms with van der Waals surface area (Å²) in [6, 6.07) is 23.1. The van der Waals surface area contributed by atoms with E-state index in [-0.39, 0.29) is 6.04 Å². The van der Waals surface area contributed by atoms with Crippen LogP contribution in [0.15, 0.2) is 94.6 Å². The summed E-state index contributed by atoms with van der Waals surface area (Å²) in [6.07, 6.45) is 5.38. The largest absolute Gasteiger partial charge is 0.265 e. The fraction of sp³-hybridized carbons (Fsp3) is 0.125. The third-order valence-electron chi connectivity index (χ3n) is 4.37. The van der Waals surface area contributed by atoms with Gasteiger partial charge in [-0.15, -0.1) is 11.3 Å². The van der Waals surface area contributed by atoms with Gasteiger partial charge in [-0.25, -0.2) is 4.68 Å². The van der Waals surface area contributed by atoms with E-state index in [1.165, 1.54) is 11.1 Å². The highest BCUT2D eigenvalue weighted by atomic mass is 32.1. The third kappa shape index (κ3) is 4.58. The zero-order chi connectivity index (χ0) is 20.1. The van der Waals surface area contributed by atoms with Crippen LogP contribution in [0.25, 0.3) is 22.4 Å². The summed E-state index contributed by atoms with van der Waals surface area (Å²) in [5, 5.41) is 6.84. The second kappa shape index (κ2) is 8.80. The number of benzene rings is 2. The summed E-state index contributed by atoms with van der Waals surface area (Å²) in [4.78, 5) is 9.68. The van der Waals surface area contributed by atoms with Crippen LogP contribution in [0.1, 0.15) is 19.4 Å². The second-order valence-electron chi connectivity index (χ2n) is 6.91. The number of thiazole rings is 1. The van der Waals surface area contributed by atoms with Crippen molar-refractivity contribution in [3.63, 3.8) is 0 Å². The zero-order valence-electron chi connectivity index (χ0n) is 16.4. The lowest BCUT2D eigenvalue weighted by atomic mass is 10.0. The molecule has 0 fully saturated rings. The fourth-order valence-corrected chi connectivity index (χ4v) is 3.93. The quantitative estimate of drug-likeness (QED) is 0.411. The van der Waals surface area contributed by atoms with Crippen LogP contribution in [0.4, 0.5) is 0 Å². The highest BCUT2D eigenvalue weighted by Gasteiger charge is 2.08. The predicted molar refractivity (Wildman–Crippen MR) is 121 cm³/mol. The molecule has 2 aromatic heterocycles. The van der Waals surface area contributed by atoms with Crippen LogP contribution in [0, 0.1) is 0 Å². The van der Waals surface area contributed by atoms with Crippen molar-refractivity contribution >= 4 is 17.6 Å². The first kappa shape index (κ1) is 19.0. The van der Waals surface area contributed by atoms with Crippen LogP contribution >= 0.6 is 11.3 Å². The maximum atomic E-state index is 4.74. The van der Waals surface area contributed by atoms with E-state index in [1.807, 2.05) is 29.1 Å². The molecule has 0 aliphatic carbocycles. The molecular formula is C24H22N4S. The maximum Gasteiger partial charge on any atom is 0.206 e. The zero-order valence-corrected chi connectivity index (χ0v) is 17.3. The van der Waals surface area contributed by atoms with E-state index >= 15 is 0 Å². The molecule has 0 bridgehead atoms. The molecule has 4 nitrogen and oxygen atoms in total. The minimum atomic E-state index is 0.198. The Labute approximate surface area is 174 Å². The lowest BCUT2D eigenvalue weighted by Gasteiger charge is -2.06. The minimum Gasteiger partial charge on any atom is -0.265 e. The molecule has 4 rings (SSSR count). The van der Waals surface area contributed by atoms with Gasteiger partial charge in [0.05, 0.1) is 11.9 Å². The van der Waals surface area contributed by atoms with Gasteiger partial charge < -0.3 is 0 Å². The summed E-state index contributed by atoms with van der Waals surface area (Å²) in [7, 11) is 0. The van der Waals surface area contributed by atoms with Gasteiger partial charge >= 0.3 is 0 Å². The Bertz CT molecular complexity index is 1150. The number of rotatable bonds is 5. The van der Waals surface area contributed by atoms with Crippen molar-refractivity contribution in [3.05, 3.63) is 94.9 Å². The van der Waals surface area contributed by atoms with E-state index in [2.05, 4.69) is 72.7 Å². The molecule has 0 N–H and O–H groups in total. The van der Waals surface area contributed by atoms with Crippen molar-refractivity contribution in [3.8, 4) is 22.4 Å². The fourth-order valence-electron chi connectivity index (χ4n) is 2.96. The topological polar surface area (TPSA) is 42.5 Å². The highest BCUT2D eigenvalue weighted by Crippen LogP contribution is 2.25. The number of hydrogen-bond acceptors (Lipinski definition) is 4. The molecule has 144 valence electrons. The van der Waals surface area contributed by atoms with Crippen LogP contribution in [0.2, 0.25) is 0 Å². The Hall–Kier alpha value is -3.31. The van der Waals surface area contributed by atoms with E-state index in [4.69, 9.17) is 10.1 Å². The van der Waals surface area contributed by atoms with Gasteiger partial charge in [0.1, 0.15) is 0 Å². The number of aromatic nitrogens is 2. The molecule has 5 heteroatoms. The first-order valence-corrected chi connectivity index (χ1v) is 10.4. The standard InChI is InChI=1S/C24H22N4S/c1-18(2)27-24-28(26-16-19-12-14-25-15-13-19)23(17-29-24)22-10-8-21(9-11-22)20-6-4-3-5-7-20/h3-18H,1-2H3. The van der Waals surface area contributed by atoms with Gasteiger partial charge in [0.2, 0.25) is 4.80 Å². The van der Waals surface area contributed by atoms with Crippen molar-refractivity contribution in [2.24, 2.45) is 10.1 Å². The molecule has 0 amide bonds. The van der Waals surface area contributed by atoms with Gasteiger partial charge in [-0.05, 0) is 42.7 Å². The molecule has 2 heterocycles. The van der Waals surface area contributed by atoms with Crippen molar-refractivity contribution in [2.75, 3.05) is 0 Å². The average Bonchev–Trinajstić information content (AvgIpc) is 3.15. The molecule has 0 aliphatic heterocycles. The highest BCUT2D eigenvalue weighted by molar-refractivity contribution is 7.07. The van der Waals surface area contributed by atoms with Crippen LogP contribution in [0.3, 0.4) is 0 Å². The summed E-state index contributed by atoms with van der Waals surface area (Å²) in [5.41, 5.74) is 5.55. The lowest BCUT2D eigenvalue weighted by Crippen LogP contribution is -2.14. The van der Waals surface area contributed by atoms with Gasteiger partial charge in [-0.1, -0.05) is 54.6 Å². The van der Waals surface area contributed by atoms with Gasteiger partial charge in [0.25, 0.3) is 0 Å². The Morgan fingerprint density at radius 3 is 2.21 bits per heavy atom. The predicted octanol–water partition coefficient (Wildman–Crippen LogP) is 5.47. The Morgan fingerprint density at radius 2 is 1.52 bits per heavy atom. The molecule has 0 atom stereocenters. The van der Waals surface area contributed by atoms with E-state index in [0.717, 1.165) is 21.6 Å². The van der Waals surface area contributed by atoms with Gasteiger partial charge in [-0.3, -0.25) is 9.98 Å². The van der Waals surface area contributed by atoms with Crippen LogP contribution in [-0.2, 0) is 0 Å². The summed E-state index contributed by atoms with van der Waals surface area (Å²) in [5.74, 6) is 0. The van der Waals surface area contributed by atoms with Crippen molar-refractivity contribution < 1.29 is 0 Å². The number of nitrogens with zero attached hydrogens (tertiary/aromatic N) is 4. The first-order valence-electron chi connectivity index (χ1n) is 9.55. The van der Waals surface area contributed by atoms with Crippen LogP contribution in [0.5, 0.6) is 0 Å². The number of hydrogen-bond donors (Lipinski definition) is 0. The third-order valence-corrected chi connectivity index (χ3v) is 5.20. The van der Waals surface area contributed by atoms with Crippen molar-refractivity contribution in [1.29, 1.82) is 0 Å². The molecule has 0 radical (unpaired) electrons. The van der Waals surface area contributed by atoms with Gasteiger partial charge in [0, 0.05) is 29.4 Å². The smallest absolute Gasteiger partial charge is 0.206 e. The molecule has 0 aliphatic rings. The lowest BCUT2D eigenvalue weighted by molar-refractivity contribution is 0.754. The van der Waals surface area contributed by atoms with Crippen LogP contribution in [-0.4, -0.2) is 21.9 Å². The summed E-state index contributed by atoms with van der Waals surface area (Å²) in [6.45, 7) is 4.15. The van der Waals surface area contributed by atoms with Gasteiger partial charge in [-0.2, -0.15) is 5.10 Å². The Morgan fingerprint density at radius 1 is 0.862 bits per heavy atom. The normalized spacial score (nSPS) is 12.2. The average molecular weight is 399 g/mol. The molecule has 0 unspecified atom stereocenters. The molecule has 0 spiro atoms. The number of pyridine rings is 1. The van der Waals surface area contributed by atoms with Crippen molar-refractivity contribution in [2.45, 2.75) is 19.9 Å². The molecular weight excluding hydrogens is 376 g/mol. The monoisotopic (exact) mass is 398 g/mol. The Kier molecular flexibility index (Phi) is 5.77. The molecule has 0 saturated heterocycles. The summed E-state index contributed by atoms with van der Waals surface area (Å²) >= 11 is 1.61. The molecule has 0 saturated carbocycles. The maximum absolute atomic E-state index is 4.74. The van der Waals surface area contributed by atoms with E-state index < -0.39 is 0 Å². The van der Waals surface area contributed by atoms with E-state index in [9.17, 15) is 0 Å². The molecule has 2 aromatic carbocycles.